The van der Waals surface area contributed by atoms with Crippen molar-refractivity contribution in [3.05, 3.63) is 29.6 Å². The summed E-state index contributed by atoms with van der Waals surface area (Å²) < 4.78 is 0. The Morgan fingerprint density at radius 2 is 2.36 bits per heavy atom. The number of hydrogen-bond acceptors (Lipinski definition) is 4. The third-order valence-electron chi connectivity index (χ3n) is 1.70. The maximum Gasteiger partial charge on any atom is 0.337 e. The molecule has 0 aromatic carbocycles. The van der Waals surface area contributed by atoms with Gasteiger partial charge in [-0.3, -0.25) is 4.98 Å². The fourth-order valence-electron chi connectivity index (χ4n) is 0.974. The van der Waals surface area contributed by atoms with Gasteiger partial charge in [0, 0.05) is 25.8 Å². The number of nitrogens with one attached hydrogen (secondary N) is 1. The van der Waals surface area contributed by atoms with Crippen molar-refractivity contribution in [3.8, 4) is 0 Å². The molecule has 0 bridgehead atoms. The maximum atomic E-state index is 10.5. The predicted octanol–water partition coefficient (Wildman–Crippen LogP) is -0.172. The Balaban J connectivity index is 2.51. The zero-order chi connectivity index (χ0) is 10.4. The lowest BCUT2D eigenvalue weighted by molar-refractivity contribution is 0.0696. The average Bonchev–Trinajstić information content (AvgIpc) is 2.19. The molecule has 0 radical (unpaired) electrons. The molecule has 5 nitrogen and oxygen atoms in total. The van der Waals surface area contributed by atoms with Gasteiger partial charge in [-0.25, -0.2) is 4.79 Å². The summed E-state index contributed by atoms with van der Waals surface area (Å²) in [6.07, 6.45) is 1.35. The zero-order valence-electron chi connectivity index (χ0n) is 7.73. The molecular formula is C9H13N3O2. The minimum Gasteiger partial charge on any atom is -0.478 e. The summed E-state index contributed by atoms with van der Waals surface area (Å²) in [5, 5.41) is 11.7. The fourth-order valence-corrected chi connectivity index (χ4v) is 0.974. The van der Waals surface area contributed by atoms with E-state index in [9.17, 15) is 4.79 Å². The second kappa shape index (κ2) is 5.31. The molecule has 0 aliphatic carbocycles. The van der Waals surface area contributed by atoms with Gasteiger partial charge in [-0.1, -0.05) is 0 Å². The number of rotatable bonds is 5. The van der Waals surface area contributed by atoms with Gasteiger partial charge in [-0.05, 0) is 12.1 Å². The van der Waals surface area contributed by atoms with E-state index >= 15 is 0 Å². The number of carboxylic acid groups (broad SMARTS) is 1. The minimum atomic E-state index is -0.959. The zero-order valence-corrected chi connectivity index (χ0v) is 7.73. The van der Waals surface area contributed by atoms with Crippen molar-refractivity contribution in [3.63, 3.8) is 0 Å². The number of hydrogen-bond donors (Lipinski definition) is 3. The third kappa shape index (κ3) is 3.12. The summed E-state index contributed by atoms with van der Waals surface area (Å²) in [7, 11) is 0. The molecule has 76 valence electrons. The highest BCUT2D eigenvalue weighted by Gasteiger charge is 2.01. The molecule has 1 aromatic rings. The Hall–Kier alpha value is -1.46. The quantitative estimate of drug-likeness (QED) is 0.567. The van der Waals surface area contributed by atoms with Crippen molar-refractivity contribution >= 4 is 5.97 Å². The van der Waals surface area contributed by atoms with E-state index in [-0.39, 0.29) is 5.56 Å². The summed E-state index contributed by atoms with van der Waals surface area (Å²) in [6.45, 7) is 1.91. The largest absolute Gasteiger partial charge is 0.478 e. The molecule has 1 rings (SSSR count). The first-order valence-electron chi connectivity index (χ1n) is 4.33. The van der Waals surface area contributed by atoms with E-state index in [1.807, 2.05) is 0 Å². The number of nitrogens with zero attached hydrogens (tertiary/aromatic N) is 1. The molecule has 14 heavy (non-hydrogen) atoms. The van der Waals surface area contributed by atoms with Crippen LogP contribution in [0, 0.1) is 0 Å². The Labute approximate surface area is 82.0 Å². The van der Waals surface area contributed by atoms with Crippen LogP contribution in [0.1, 0.15) is 16.1 Å². The topological polar surface area (TPSA) is 88.2 Å². The number of carbonyl (C=O) groups is 1. The van der Waals surface area contributed by atoms with Gasteiger partial charge in [0.25, 0.3) is 0 Å². The second-order valence-electron chi connectivity index (χ2n) is 2.81. The molecule has 0 unspecified atom stereocenters. The Morgan fingerprint density at radius 1 is 1.57 bits per heavy atom. The van der Waals surface area contributed by atoms with E-state index in [0.717, 1.165) is 12.2 Å². The van der Waals surface area contributed by atoms with Gasteiger partial charge >= 0.3 is 5.97 Å². The van der Waals surface area contributed by atoms with E-state index in [1.54, 1.807) is 6.07 Å². The van der Waals surface area contributed by atoms with Crippen molar-refractivity contribution in [2.24, 2.45) is 5.73 Å². The fraction of sp³-hybridized carbons (Fsp3) is 0.333. The van der Waals surface area contributed by atoms with Crippen molar-refractivity contribution in [1.82, 2.24) is 10.3 Å². The van der Waals surface area contributed by atoms with Crippen LogP contribution in [-0.2, 0) is 6.54 Å². The average molecular weight is 195 g/mol. The Bertz CT molecular complexity index is 297. The number of aromatic carboxylic acids is 1. The van der Waals surface area contributed by atoms with Crippen molar-refractivity contribution in [2.45, 2.75) is 6.54 Å². The SMILES string of the molecule is NCCNCc1ccc(C(=O)O)cn1. The monoisotopic (exact) mass is 195 g/mol. The van der Waals surface area contributed by atoms with Crippen LogP contribution in [0.3, 0.4) is 0 Å². The van der Waals surface area contributed by atoms with E-state index in [0.29, 0.717) is 13.1 Å². The van der Waals surface area contributed by atoms with E-state index in [1.165, 1.54) is 12.3 Å². The number of nitrogens with two attached hydrogens (primary N) is 1. The van der Waals surface area contributed by atoms with Crippen LogP contribution in [-0.4, -0.2) is 29.1 Å². The van der Waals surface area contributed by atoms with Gasteiger partial charge in [-0.2, -0.15) is 0 Å². The van der Waals surface area contributed by atoms with Crippen molar-refractivity contribution in [2.75, 3.05) is 13.1 Å². The lowest BCUT2D eigenvalue weighted by atomic mass is 10.2. The Morgan fingerprint density at radius 3 is 2.86 bits per heavy atom. The third-order valence-corrected chi connectivity index (χ3v) is 1.70. The summed E-state index contributed by atoms with van der Waals surface area (Å²) >= 11 is 0. The molecule has 0 aliphatic heterocycles. The molecule has 4 N–H and O–H groups in total. The molecule has 5 heteroatoms. The van der Waals surface area contributed by atoms with E-state index < -0.39 is 5.97 Å². The van der Waals surface area contributed by atoms with Crippen LogP contribution < -0.4 is 11.1 Å². The normalized spacial score (nSPS) is 10.1. The predicted molar refractivity (Wildman–Crippen MR) is 52.0 cm³/mol. The summed E-state index contributed by atoms with van der Waals surface area (Å²) in [5.41, 5.74) is 6.31. The second-order valence-corrected chi connectivity index (χ2v) is 2.81. The summed E-state index contributed by atoms with van der Waals surface area (Å²) in [6, 6.07) is 3.22. The standard InChI is InChI=1S/C9H13N3O2/c10-3-4-11-6-8-2-1-7(5-12-8)9(13)14/h1-2,5,11H,3-4,6,10H2,(H,13,14). The van der Waals surface area contributed by atoms with Crippen LogP contribution in [0.2, 0.25) is 0 Å². The first-order valence-corrected chi connectivity index (χ1v) is 4.33. The van der Waals surface area contributed by atoms with Gasteiger partial charge in [-0.15, -0.1) is 0 Å². The molecule has 0 fully saturated rings. The highest BCUT2D eigenvalue weighted by atomic mass is 16.4. The number of pyridine rings is 1. The minimum absolute atomic E-state index is 0.201. The molecule has 0 amide bonds. The van der Waals surface area contributed by atoms with E-state index in [2.05, 4.69) is 10.3 Å². The lowest BCUT2D eigenvalue weighted by Crippen LogP contribution is -2.22. The van der Waals surface area contributed by atoms with Gasteiger partial charge < -0.3 is 16.2 Å². The van der Waals surface area contributed by atoms with Crippen LogP contribution >= 0.6 is 0 Å². The van der Waals surface area contributed by atoms with E-state index in [4.69, 9.17) is 10.8 Å². The molecule has 1 heterocycles. The van der Waals surface area contributed by atoms with Gasteiger partial charge in [0.15, 0.2) is 0 Å². The molecular weight excluding hydrogens is 182 g/mol. The smallest absolute Gasteiger partial charge is 0.337 e. The maximum absolute atomic E-state index is 10.5. The van der Waals surface area contributed by atoms with Gasteiger partial charge in [0.2, 0.25) is 0 Å². The summed E-state index contributed by atoms with van der Waals surface area (Å²) in [4.78, 5) is 14.5. The molecule has 0 spiro atoms. The number of aromatic nitrogens is 1. The molecule has 0 atom stereocenters. The van der Waals surface area contributed by atoms with Gasteiger partial charge in [0.05, 0.1) is 11.3 Å². The van der Waals surface area contributed by atoms with Gasteiger partial charge in [0.1, 0.15) is 0 Å². The van der Waals surface area contributed by atoms with Crippen molar-refractivity contribution < 1.29 is 9.90 Å². The highest BCUT2D eigenvalue weighted by molar-refractivity contribution is 5.87. The molecule has 0 aliphatic rings. The highest BCUT2D eigenvalue weighted by Crippen LogP contribution is 1.99. The number of carboxylic acids is 1. The lowest BCUT2D eigenvalue weighted by Gasteiger charge is -2.02. The first-order chi connectivity index (χ1) is 6.74. The Kier molecular flexibility index (Phi) is 4.03. The van der Waals surface area contributed by atoms with Crippen LogP contribution in [0.5, 0.6) is 0 Å². The van der Waals surface area contributed by atoms with Crippen LogP contribution in [0.25, 0.3) is 0 Å². The molecule has 1 aromatic heterocycles. The molecule has 0 saturated heterocycles. The summed E-state index contributed by atoms with van der Waals surface area (Å²) in [5.74, 6) is -0.959. The van der Waals surface area contributed by atoms with Crippen molar-refractivity contribution in [1.29, 1.82) is 0 Å². The van der Waals surface area contributed by atoms with Crippen LogP contribution in [0.15, 0.2) is 18.3 Å². The molecule has 0 saturated carbocycles. The first kappa shape index (κ1) is 10.6. The van der Waals surface area contributed by atoms with Crippen LogP contribution in [0.4, 0.5) is 0 Å².